The van der Waals surface area contributed by atoms with E-state index >= 15 is 4.39 Å². The monoisotopic (exact) mass is 749 g/mol. The molecule has 2 aliphatic carbocycles. The third-order valence-electron chi connectivity index (χ3n) is 9.42. The zero-order valence-electron chi connectivity index (χ0n) is 28.8. The summed E-state index contributed by atoms with van der Waals surface area (Å²) in [5.41, 5.74) is 1.94. The molecule has 14 heteroatoms. The third kappa shape index (κ3) is 7.77. The highest BCUT2D eigenvalue weighted by Gasteiger charge is 2.38. The van der Waals surface area contributed by atoms with Gasteiger partial charge in [-0.25, -0.2) is 30.8 Å². The van der Waals surface area contributed by atoms with E-state index in [1.165, 1.54) is 47.4 Å². The Kier molecular flexibility index (Phi) is 10.6. The number of amides is 1. The molecule has 276 valence electrons. The third-order valence-corrected chi connectivity index (χ3v) is 11.4. The van der Waals surface area contributed by atoms with E-state index in [-0.39, 0.29) is 41.3 Å². The van der Waals surface area contributed by atoms with Gasteiger partial charge in [-0.3, -0.25) is 4.79 Å². The second-order valence-electron chi connectivity index (χ2n) is 13.2. The molecule has 0 radical (unpaired) electrons. The van der Waals surface area contributed by atoms with E-state index in [0.717, 1.165) is 43.7 Å². The first-order valence-corrected chi connectivity index (χ1v) is 18.4. The number of carboxylic acid groups (broad SMARTS) is 1. The first-order chi connectivity index (χ1) is 25.2. The zero-order chi connectivity index (χ0) is 38.2. The van der Waals surface area contributed by atoms with E-state index in [0.29, 0.717) is 21.7 Å². The molecule has 0 bridgehead atoms. The van der Waals surface area contributed by atoms with Crippen LogP contribution in [-0.4, -0.2) is 42.9 Å². The molecule has 0 aliphatic heterocycles. The largest absolute Gasteiger partial charge is 0.492 e. The number of carboxylic acids is 1. The van der Waals surface area contributed by atoms with Crippen molar-refractivity contribution in [3.05, 3.63) is 123 Å². The molecule has 2 aliphatic rings. The van der Waals surface area contributed by atoms with E-state index in [1.807, 2.05) is 18.2 Å². The van der Waals surface area contributed by atoms with E-state index < -0.39 is 68.7 Å². The highest BCUT2D eigenvalue weighted by molar-refractivity contribution is 7.89. The maximum absolute atomic E-state index is 15.3. The van der Waals surface area contributed by atoms with Crippen LogP contribution in [0.3, 0.4) is 0 Å². The fourth-order valence-corrected chi connectivity index (χ4v) is 7.99. The minimum absolute atomic E-state index is 0.00955. The Morgan fingerprint density at radius 2 is 1.51 bits per heavy atom. The smallest absolute Gasteiger partial charge is 0.335 e. The normalized spacial score (nSPS) is 14.2. The average molecular weight is 750 g/mol. The number of benzene rings is 4. The summed E-state index contributed by atoms with van der Waals surface area (Å²) in [5, 5.41) is 19.4. The number of ether oxygens (including phenoxy) is 1. The number of hydrogen-bond donors (Lipinski definition) is 1. The van der Waals surface area contributed by atoms with Crippen LogP contribution in [0.15, 0.2) is 65.6 Å². The van der Waals surface area contributed by atoms with Gasteiger partial charge in [-0.15, -0.1) is 0 Å². The molecule has 0 spiro atoms. The minimum atomic E-state index is -5.34. The topological polar surface area (TPSA) is 128 Å². The average Bonchev–Trinajstić information content (AvgIpc) is 4.06. The quantitative estimate of drug-likeness (QED) is 0.0795. The van der Waals surface area contributed by atoms with Gasteiger partial charge in [0.15, 0.2) is 23.3 Å². The molecule has 0 heterocycles. The lowest BCUT2D eigenvalue weighted by Crippen LogP contribution is -2.43. The van der Waals surface area contributed by atoms with Gasteiger partial charge in [-0.1, -0.05) is 36.4 Å². The Bertz CT molecular complexity index is 2210. The van der Waals surface area contributed by atoms with E-state index in [1.54, 1.807) is 6.92 Å². The predicted molar refractivity (Wildman–Crippen MR) is 186 cm³/mol. The molecule has 4 aromatic carbocycles. The molecule has 6 rings (SSSR count). The fraction of sp³-hybridized carbons (Fsp3) is 0.308. The summed E-state index contributed by atoms with van der Waals surface area (Å²) in [6, 6.07) is 17.7. The lowest BCUT2D eigenvalue weighted by molar-refractivity contribution is -0.119. The van der Waals surface area contributed by atoms with Crippen molar-refractivity contribution in [2.24, 2.45) is 0 Å². The van der Waals surface area contributed by atoms with Gasteiger partial charge in [0.05, 0.1) is 42.6 Å². The number of carbonyl (C=O) groups is 2. The van der Waals surface area contributed by atoms with E-state index in [4.69, 9.17) is 4.74 Å². The first kappa shape index (κ1) is 37.5. The molecule has 0 unspecified atom stereocenters. The molecule has 0 aromatic heterocycles. The molecule has 4 aromatic rings. The summed E-state index contributed by atoms with van der Waals surface area (Å²) in [5.74, 6) is -10.1. The highest BCUT2D eigenvalue weighted by Crippen LogP contribution is 2.46. The van der Waals surface area contributed by atoms with Gasteiger partial charge in [0.1, 0.15) is 10.6 Å². The van der Waals surface area contributed by atoms with Crippen LogP contribution in [0.5, 0.6) is 5.75 Å². The number of sulfonamides is 1. The number of hydrogen-bond acceptors (Lipinski definition) is 6. The van der Waals surface area contributed by atoms with E-state index in [2.05, 4.69) is 6.07 Å². The summed E-state index contributed by atoms with van der Waals surface area (Å²) in [4.78, 5) is 26.2. The van der Waals surface area contributed by atoms with Crippen molar-refractivity contribution in [2.45, 2.75) is 69.4 Å². The minimum Gasteiger partial charge on any atom is -0.492 e. The lowest BCUT2D eigenvalue weighted by atomic mass is 9.99. The number of nitriles is 1. The summed E-state index contributed by atoms with van der Waals surface area (Å²) in [7, 11) is -5.34. The SMILES string of the molecule is CCOc1cc(C(=O)O)ccc1N(Cc1cc(C2CC2)cc(C2CC2)c1)C(=O)CN(Cc1ccccc1C#N)S(=O)(=O)c1c(C)c(F)c(F)c(F)c1F. The fourth-order valence-electron chi connectivity index (χ4n) is 6.35. The van der Waals surface area contributed by atoms with Crippen molar-refractivity contribution < 1.29 is 45.4 Å². The van der Waals surface area contributed by atoms with Crippen LogP contribution in [0.2, 0.25) is 0 Å². The number of nitrogens with zero attached hydrogens (tertiary/aromatic N) is 3. The molecular formula is C39H35F4N3O6S. The number of anilines is 1. The first-order valence-electron chi connectivity index (χ1n) is 17.0. The number of aromatic carboxylic acids is 1. The van der Waals surface area contributed by atoms with Crippen molar-refractivity contribution >= 4 is 27.6 Å². The Balaban J connectivity index is 1.49. The van der Waals surface area contributed by atoms with Crippen LogP contribution in [0.25, 0.3) is 0 Å². The van der Waals surface area contributed by atoms with Gasteiger partial charge in [0, 0.05) is 12.1 Å². The molecule has 2 fully saturated rings. The Morgan fingerprint density at radius 1 is 0.887 bits per heavy atom. The van der Waals surface area contributed by atoms with Crippen LogP contribution >= 0.6 is 0 Å². The van der Waals surface area contributed by atoms with Crippen molar-refractivity contribution in [2.75, 3.05) is 18.1 Å². The van der Waals surface area contributed by atoms with Gasteiger partial charge < -0.3 is 14.7 Å². The number of rotatable bonds is 14. The Labute approximate surface area is 304 Å². The van der Waals surface area contributed by atoms with Gasteiger partial charge in [-0.05, 0) is 97.9 Å². The van der Waals surface area contributed by atoms with Gasteiger partial charge in [-0.2, -0.15) is 9.57 Å². The molecule has 0 saturated heterocycles. The lowest BCUT2D eigenvalue weighted by Gasteiger charge is -2.29. The molecule has 53 heavy (non-hydrogen) atoms. The Hall–Kier alpha value is -5.26. The van der Waals surface area contributed by atoms with Gasteiger partial charge in [0.25, 0.3) is 0 Å². The summed E-state index contributed by atoms with van der Waals surface area (Å²) < 4.78 is 93.7. The highest BCUT2D eigenvalue weighted by atomic mass is 32.2. The standard InChI is InChI=1S/C39H35F4N3O6S/c1-3-52-32-17-26(39(48)49)12-13-31(32)46(19-23-14-29(24-8-9-24)16-30(15-23)25-10-11-25)33(47)21-45(20-28-7-5-4-6-27(28)18-44)53(50,51)38-22(2)34(40)35(41)36(42)37(38)43/h4-7,12-17,24-25H,3,8-11,19-21H2,1-2H3,(H,48,49). The number of carbonyl (C=O) groups excluding carboxylic acids is 1. The molecule has 1 amide bonds. The summed E-state index contributed by atoms with van der Waals surface area (Å²) in [6.07, 6.45) is 4.05. The van der Waals surface area contributed by atoms with Crippen LogP contribution in [0, 0.1) is 41.5 Å². The maximum atomic E-state index is 15.3. The molecular weight excluding hydrogens is 715 g/mol. The second-order valence-corrected chi connectivity index (χ2v) is 15.1. The molecule has 2 saturated carbocycles. The van der Waals surface area contributed by atoms with Gasteiger partial charge >= 0.3 is 5.97 Å². The zero-order valence-corrected chi connectivity index (χ0v) is 29.7. The summed E-state index contributed by atoms with van der Waals surface area (Å²) in [6.45, 7) is 0.611. The molecule has 1 N–H and O–H groups in total. The van der Waals surface area contributed by atoms with Crippen LogP contribution in [0.1, 0.15) is 88.2 Å². The Morgan fingerprint density at radius 3 is 2.09 bits per heavy atom. The van der Waals surface area contributed by atoms with Crippen LogP contribution in [-0.2, 0) is 27.9 Å². The maximum Gasteiger partial charge on any atom is 0.335 e. The van der Waals surface area contributed by atoms with Crippen molar-refractivity contribution in [1.29, 1.82) is 5.26 Å². The van der Waals surface area contributed by atoms with Crippen molar-refractivity contribution in [3.63, 3.8) is 0 Å². The van der Waals surface area contributed by atoms with E-state index in [9.17, 15) is 41.5 Å². The van der Waals surface area contributed by atoms with Crippen molar-refractivity contribution in [3.8, 4) is 11.8 Å². The number of halogens is 4. The predicted octanol–water partition coefficient (Wildman–Crippen LogP) is 7.70. The van der Waals surface area contributed by atoms with Crippen LogP contribution in [0.4, 0.5) is 23.2 Å². The molecule has 9 nitrogen and oxygen atoms in total. The van der Waals surface area contributed by atoms with Crippen molar-refractivity contribution in [1.82, 2.24) is 4.31 Å². The summed E-state index contributed by atoms with van der Waals surface area (Å²) >= 11 is 0. The molecule has 0 atom stereocenters. The van der Waals surface area contributed by atoms with Gasteiger partial charge in [0.2, 0.25) is 15.9 Å². The second kappa shape index (κ2) is 15.0. The van der Waals surface area contributed by atoms with Crippen LogP contribution < -0.4 is 9.64 Å².